The summed E-state index contributed by atoms with van der Waals surface area (Å²) in [5.41, 5.74) is 1.23. The molecule has 0 spiro atoms. The van der Waals surface area contributed by atoms with Gasteiger partial charge in [0.25, 0.3) is 5.92 Å². The van der Waals surface area contributed by atoms with Gasteiger partial charge in [-0.1, -0.05) is 6.07 Å². The van der Waals surface area contributed by atoms with Crippen LogP contribution in [0.1, 0.15) is 29.3 Å². The van der Waals surface area contributed by atoms with E-state index in [2.05, 4.69) is 0 Å². The lowest BCUT2D eigenvalue weighted by atomic mass is 9.98. The summed E-state index contributed by atoms with van der Waals surface area (Å²) in [4.78, 5) is 11.5. The average Bonchev–Trinajstić information content (AvgIpc) is 3.04. The minimum absolute atomic E-state index is 0.0516. The smallest absolute Gasteiger partial charge is 0.325 e. The normalized spacial score (nSPS) is 12.3. The highest BCUT2D eigenvalue weighted by molar-refractivity contribution is 7.89. The van der Waals surface area contributed by atoms with Crippen molar-refractivity contribution in [2.45, 2.75) is 37.6 Å². The van der Waals surface area contributed by atoms with E-state index < -0.39 is 44.8 Å². The zero-order valence-electron chi connectivity index (χ0n) is 18.9. The molecule has 0 unspecified atom stereocenters. The third-order valence-electron chi connectivity index (χ3n) is 5.58. The molecule has 3 rings (SSSR count). The zero-order valence-corrected chi connectivity index (χ0v) is 19.7. The van der Waals surface area contributed by atoms with Gasteiger partial charge in [-0.25, -0.2) is 17.5 Å². The first kappa shape index (κ1) is 25.7. The van der Waals surface area contributed by atoms with E-state index in [4.69, 9.17) is 4.74 Å². The van der Waals surface area contributed by atoms with Crippen molar-refractivity contribution >= 4 is 26.9 Å². The number of hydrogen-bond acceptors (Lipinski definition) is 5. The molecule has 11 heteroatoms. The highest BCUT2D eigenvalue weighted by atomic mass is 32.2. The quantitative estimate of drug-likeness (QED) is 0.442. The number of ether oxygens (including phenoxy) is 1. The molecule has 184 valence electrons. The van der Waals surface area contributed by atoms with E-state index in [0.29, 0.717) is 27.7 Å². The number of fused-ring (bicyclic) bond motifs is 1. The van der Waals surface area contributed by atoms with Crippen LogP contribution in [0.5, 0.6) is 0 Å². The number of esters is 1. The number of alkyl halides is 2. The number of rotatable bonds is 9. The summed E-state index contributed by atoms with van der Waals surface area (Å²) in [7, 11) is -3.12. The lowest BCUT2D eigenvalue weighted by molar-refractivity contribution is -0.143. The molecule has 0 atom stereocenters. The first-order valence-electron chi connectivity index (χ1n) is 10.4. The summed E-state index contributed by atoms with van der Waals surface area (Å²) in [6.45, 7) is 1.90. The van der Waals surface area contributed by atoms with E-state index in [0.717, 1.165) is 19.2 Å². The van der Waals surface area contributed by atoms with Crippen LogP contribution < -0.4 is 4.72 Å². The van der Waals surface area contributed by atoms with Crippen LogP contribution >= 0.6 is 0 Å². The van der Waals surface area contributed by atoms with E-state index in [-0.39, 0.29) is 19.6 Å². The molecule has 3 aromatic rings. The molecule has 0 saturated heterocycles. The third kappa shape index (κ3) is 4.96. The standard InChI is InChI=1S/C23H25F3N2O5S/c1-4-33-22(30)12-28-14(2)17(18-11-16(24)6-7-20(18)28)9-15-5-8-21(34(31,32)27-3)19(10-15)23(25,26)13-29/h5-8,10-11,27,29H,4,9,12-13H2,1-3H3. The van der Waals surface area contributed by atoms with Gasteiger partial charge in [-0.15, -0.1) is 0 Å². The van der Waals surface area contributed by atoms with E-state index >= 15 is 0 Å². The van der Waals surface area contributed by atoms with Crippen molar-refractivity contribution in [2.24, 2.45) is 0 Å². The average molecular weight is 499 g/mol. The van der Waals surface area contributed by atoms with Gasteiger partial charge in [0.2, 0.25) is 10.0 Å². The van der Waals surface area contributed by atoms with Gasteiger partial charge in [0.15, 0.2) is 0 Å². The van der Waals surface area contributed by atoms with Crippen molar-refractivity contribution in [1.29, 1.82) is 0 Å². The van der Waals surface area contributed by atoms with Gasteiger partial charge < -0.3 is 14.4 Å². The Hall–Kier alpha value is -2.89. The van der Waals surface area contributed by atoms with Crippen LogP contribution in [0.25, 0.3) is 10.9 Å². The van der Waals surface area contributed by atoms with E-state index in [1.165, 1.54) is 24.3 Å². The number of halogens is 3. The molecule has 0 fully saturated rings. The fourth-order valence-electron chi connectivity index (χ4n) is 3.89. The summed E-state index contributed by atoms with van der Waals surface area (Å²) in [5.74, 6) is -4.80. The van der Waals surface area contributed by atoms with Gasteiger partial charge in [-0.3, -0.25) is 4.79 Å². The Morgan fingerprint density at radius 3 is 2.53 bits per heavy atom. The molecular formula is C23H25F3N2O5S. The molecule has 7 nitrogen and oxygen atoms in total. The number of nitrogens with one attached hydrogen (secondary N) is 1. The van der Waals surface area contributed by atoms with Gasteiger partial charge in [0, 0.05) is 22.2 Å². The van der Waals surface area contributed by atoms with Gasteiger partial charge in [0.1, 0.15) is 19.0 Å². The summed E-state index contributed by atoms with van der Waals surface area (Å²) >= 11 is 0. The van der Waals surface area contributed by atoms with Crippen molar-refractivity contribution in [3.63, 3.8) is 0 Å². The van der Waals surface area contributed by atoms with Crippen LogP contribution in [0.15, 0.2) is 41.3 Å². The Morgan fingerprint density at radius 1 is 1.21 bits per heavy atom. The lowest BCUT2D eigenvalue weighted by Crippen LogP contribution is -2.26. The highest BCUT2D eigenvalue weighted by Crippen LogP contribution is 2.35. The first-order chi connectivity index (χ1) is 15.9. The maximum atomic E-state index is 14.5. The molecule has 0 aliphatic carbocycles. The number of hydrogen-bond donors (Lipinski definition) is 2. The number of aliphatic hydroxyl groups excluding tert-OH is 1. The summed E-state index contributed by atoms with van der Waals surface area (Å²) in [5, 5.41) is 9.67. The highest BCUT2D eigenvalue weighted by Gasteiger charge is 2.36. The fraction of sp³-hybridized carbons (Fsp3) is 0.348. The molecule has 34 heavy (non-hydrogen) atoms. The second kappa shape index (κ2) is 9.77. The number of carbonyl (C=O) groups is 1. The molecule has 2 N–H and O–H groups in total. The number of sulfonamides is 1. The van der Waals surface area contributed by atoms with Gasteiger partial charge >= 0.3 is 5.97 Å². The molecule has 0 radical (unpaired) electrons. The molecule has 1 aromatic heterocycles. The van der Waals surface area contributed by atoms with E-state index in [1.54, 1.807) is 18.4 Å². The number of carbonyl (C=O) groups excluding carboxylic acids is 1. The summed E-state index contributed by atoms with van der Waals surface area (Å²) in [6, 6.07) is 7.52. The van der Waals surface area contributed by atoms with Crippen LogP contribution in [0, 0.1) is 12.7 Å². The minimum atomic E-state index is -4.22. The number of aromatic nitrogens is 1. The van der Waals surface area contributed by atoms with Crippen molar-refractivity contribution in [3.8, 4) is 0 Å². The van der Waals surface area contributed by atoms with Gasteiger partial charge in [-0.2, -0.15) is 8.78 Å². The predicted molar refractivity (Wildman–Crippen MR) is 120 cm³/mol. The van der Waals surface area contributed by atoms with Crippen LogP contribution in [-0.4, -0.2) is 44.3 Å². The van der Waals surface area contributed by atoms with Gasteiger partial charge in [0.05, 0.1) is 11.5 Å². The van der Waals surface area contributed by atoms with Crippen LogP contribution in [0.3, 0.4) is 0 Å². The molecule has 0 bridgehead atoms. The zero-order chi connectivity index (χ0) is 25.3. The molecule has 0 saturated carbocycles. The maximum absolute atomic E-state index is 14.5. The lowest BCUT2D eigenvalue weighted by Gasteiger charge is -2.19. The first-order valence-corrected chi connectivity index (χ1v) is 11.9. The van der Waals surface area contributed by atoms with Crippen molar-refractivity contribution in [3.05, 3.63) is 64.6 Å². The second-order valence-electron chi connectivity index (χ2n) is 7.69. The Labute approximate surface area is 195 Å². The topological polar surface area (TPSA) is 97.6 Å². The Balaban J connectivity index is 2.16. The Bertz CT molecular complexity index is 1340. The predicted octanol–water partition coefficient (Wildman–Crippen LogP) is 3.23. The molecule has 0 aliphatic heterocycles. The molecule has 2 aromatic carbocycles. The summed E-state index contributed by atoms with van der Waals surface area (Å²) in [6.07, 6.45) is 0.0516. The van der Waals surface area contributed by atoms with Gasteiger partial charge in [-0.05, 0) is 68.8 Å². The molecule has 0 aliphatic rings. The minimum Gasteiger partial charge on any atom is -0.465 e. The maximum Gasteiger partial charge on any atom is 0.325 e. The number of benzene rings is 2. The largest absolute Gasteiger partial charge is 0.465 e. The molecule has 1 heterocycles. The van der Waals surface area contributed by atoms with Crippen LogP contribution in [0.2, 0.25) is 0 Å². The number of aliphatic hydroxyl groups is 1. The van der Waals surface area contributed by atoms with Crippen molar-refractivity contribution in [1.82, 2.24) is 9.29 Å². The monoisotopic (exact) mass is 498 g/mol. The van der Waals surface area contributed by atoms with Crippen molar-refractivity contribution < 1.29 is 36.2 Å². The van der Waals surface area contributed by atoms with Crippen molar-refractivity contribution in [2.75, 3.05) is 20.3 Å². The van der Waals surface area contributed by atoms with E-state index in [1.807, 2.05) is 4.72 Å². The molecular weight excluding hydrogens is 473 g/mol. The Kier molecular flexibility index (Phi) is 7.39. The fourth-order valence-corrected chi connectivity index (χ4v) is 4.86. The SMILES string of the molecule is CCOC(=O)Cn1c(C)c(Cc2ccc(S(=O)(=O)NC)c(C(F)(F)CO)c2)c2cc(F)ccc21. The van der Waals surface area contributed by atoms with Crippen LogP contribution in [-0.2, 0) is 38.4 Å². The Morgan fingerprint density at radius 2 is 1.91 bits per heavy atom. The second-order valence-corrected chi connectivity index (χ2v) is 9.55. The van der Waals surface area contributed by atoms with E-state index in [9.17, 15) is 31.5 Å². The number of nitrogens with zero attached hydrogens (tertiary/aromatic N) is 1. The third-order valence-corrected chi connectivity index (χ3v) is 7.06. The van der Waals surface area contributed by atoms with Crippen LogP contribution in [0.4, 0.5) is 13.2 Å². The molecule has 0 amide bonds. The summed E-state index contributed by atoms with van der Waals surface area (Å²) < 4.78 is 76.3.